The van der Waals surface area contributed by atoms with Crippen molar-refractivity contribution in [2.24, 2.45) is 11.8 Å². The summed E-state index contributed by atoms with van der Waals surface area (Å²) in [5.41, 5.74) is 35.1. The van der Waals surface area contributed by atoms with E-state index in [1.54, 1.807) is 0 Å². The van der Waals surface area contributed by atoms with Gasteiger partial charge in [0.15, 0.2) is 0 Å². The molecule has 0 fully saturated rings. The van der Waals surface area contributed by atoms with Gasteiger partial charge in [-0.1, -0.05) is 340 Å². The van der Waals surface area contributed by atoms with Crippen molar-refractivity contribution < 1.29 is 14.2 Å². The first kappa shape index (κ1) is 89.6. The molecule has 3 unspecified atom stereocenters. The molecule has 2 aliphatic carbocycles. The number of ether oxygens (including phenoxy) is 3. The van der Waals surface area contributed by atoms with E-state index in [9.17, 15) is 0 Å². The number of benzene rings is 11. The highest BCUT2D eigenvalue weighted by atomic mass is 127. The summed E-state index contributed by atoms with van der Waals surface area (Å²) in [6.45, 7) is 32.2. The van der Waals surface area contributed by atoms with Crippen LogP contribution in [0.2, 0.25) is 0 Å². The molecule has 0 bridgehead atoms. The molecule has 13 rings (SSSR count). The van der Waals surface area contributed by atoms with Gasteiger partial charge >= 0.3 is 0 Å². The molecule has 0 spiro atoms. The van der Waals surface area contributed by atoms with Crippen LogP contribution < -0.4 is 14.4 Å². The molecule has 0 saturated carbocycles. The molecule has 11 aromatic rings. The molecule has 0 amide bonds. The van der Waals surface area contributed by atoms with Crippen LogP contribution in [-0.4, -0.2) is 23.7 Å². The van der Waals surface area contributed by atoms with Crippen LogP contribution in [0.25, 0.3) is 94.6 Å². The summed E-state index contributed by atoms with van der Waals surface area (Å²) < 4.78 is 19.6. The number of hydrogen-bond acceptors (Lipinski definition) is 4. The maximum atomic E-state index is 6.41. The summed E-state index contributed by atoms with van der Waals surface area (Å²) in [5, 5.41) is 0. The molecule has 0 saturated heterocycles. The SMILES string of the molecule is CCCCc1cc(-c2ccc(OCC(I)CCCC)cc2)ccc1-c1ccc(-c2ccc(N(c3ccc(-c4ccc5c(c4)C(CCC)(CCC)c4cc(/C(C)=C/C=C(\C)OCC(CC)CCCC)ccc4-5)cc3)c3ccc(-c4ccc5c(c4)C(CCC)(CCC)c4cc(-c6ccc(OCC(CC)CCCC)cc6)ccc4-5)cc3)cc2)cc1CCCC. The van der Waals surface area contributed by atoms with E-state index in [1.807, 2.05) is 0 Å². The zero-order valence-corrected chi connectivity index (χ0v) is 77.8. The average Bonchev–Trinajstić information content (AvgIpc) is 1.56. The Morgan fingerprint density at radius 1 is 0.322 bits per heavy atom. The van der Waals surface area contributed by atoms with Gasteiger partial charge in [-0.25, -0.2) is 0 Å². The smallest absolute Gasteiger partial charge is 0.119 e. The van der Waals surface area contributed by atoms with E-state index in [1.165, 1.54) is 191 Å². The average molecular weight is 1720 g/mol. The first-order valence-corrected chi connectivity index (χ1v) is 48.5. The Morgan fingerprint density at radius 2 is 0.645 bits per heavy atom. The lowest BCUT2D eigenvalue weighted by atomic mass is 9.71. The molecular formula is C116H138INO3. The Balaban J connectivity index is 0.826. The molecule has 0 heterocycles. The van der Waals surface area contributed by atoms with Gasteiger partial charge in [0, 0.05) is 31.8 Å². The van der Waals surface area contributed by atoms with Gasteiger partial charge in [-0.3, -0.25) is 0 Å². The van der Waals surface area contributed by atoms with E-state index in [-0.39, 0.29) is 10.8 Å². The van der Waals surface area contributed by atoms with E-state index < -0.39 is 0 Å². The van der Waals surface area contributed by atoms with Crippen molar-refractivity contribution in [1.82, 2.24) is 0 Å². The number of unbranched alkanes of at least 4 members (excludes halogenated alkanes) is 5. The van der Waals surface area contributed by atoms with Gasteiger partial charge in [0.05, 0.1) is 25.6 Å². The molecule has 2 aliphatic rings. The van der Waals surface area contributed by atoms with Crippen LogP contribution in [0.4, 0.5) is 17.1 Å². The van der Waals surface area contributed by atoms with Gasteiger partial charge in [-0.15, -0.1) is 0 Å². The van der Waals surface area contributed by atoms with Gasteiger partial charge in [-0.05, 0) is 321 Å². The van der Waals surface area contributed by atoms with Crippen LogP contribution in [0.1, 0.15) is 277 Å². The number of fused-ring (bicyclic) bond motifs is 6. The first-order chi connectivity index (χ1) is 59.2. The van der Waals surface area contributed by atoms with Crippen molar-refractivity contribution in [3.8, 4) is 101 Å². The molecule has 0 aliphatic heterocycles. The lowest BCUT2D eigenvalue weighted by molar-refractivity contribution is 0.157. The zero-order chi connectivity index (χ0) is 84.8. The highest BCUT2D eigenvalue weighted by Crippen LogP contribution is 2.58. The summed E-state index contributed by atoms with van der Waals surface area (Å²) in [7, 11) is 0. The van der Waals surface area contributed by atoms with E-state index >= 15 is 0 Å². The number of halogens is 1. The minimum atomic E-state index is -0.0919. The Kier molecular flexibility index (Phi) is 32.0. The third kappa shape index (κ3) is 20.9. The van der Waals surface area contributed by atoms with Crippen molar-refractivity contribution in [3.63, 3.8) is 0 Å². The molecule has 4 nitrogen and oxygen atoms in total. The number of hydrogen-bond donors (Lipinski definition) is 0. The number of rotatable bonds is 45. The minimum absolute atomic E-state index is 0.0861. The number of alkyl halides is 1. The third-order valence-corrected chi connectivity index (χ3v) is 27.7. The maximum absolute atomic E-state index is 6.41. The molecule has 3 atom stereocenters. The van der Waals surface area contributed by atoms with Gasteiger partial charge in [0.2, 0.25) is 0 Å². The Morgan fingerprint density at radius 3 is 1.02 bits per heavy atom. The number of anilines is 3. The summed E-state index contributed by atoms with van der Waals surface area (Å²) in [4.78, 5) is 2.47. The van der Waals surface area contributed by atoms with Crippen molar-refractivity contribution in [1.29, 1.82) is 0 Å². The Bertz CT molecular complexity index is 5220. The quantitative estimate of drug-likeness (QED) is 0.0165. The van der Waals surface area contributed by atoms with Crippen LogP contribution in [0.3, 0.4) is 0 Å². The fourth-order valence-electron chi connectivity index (χ4n) is 19.7. The highest BCUT2D eigenvalue weighted by molar-refractivity contribution is 14.1. The number of nitrogens with zero attached hydrogens (tertiary/aromatic N) is 1. The Hall–Kier alpha value is -9.17. The summed E-state index contributed by atoms with van der Waals surface area (Å²) in [6.07, 6.45) is 33.3. The second-order valence-corrected chi connectivity index (χ2v) is 37.1. The second-order valence-electron chi connectivity index (χ2n) is 35.3. The van der Waals surface area contributed by atoms with Gasteiger partial charge < -0.3 is 19.1 Å². The fourth-order valence-corrected chi connectivity index (χ4v) is 20.3. The normalized spacial score (nSPS) is 13.9. The Labute approximate surface area is 743 Å². The largest absolute Gasteiger partial charge is 0.498 e. The maximum Gasteiger partial charge on any atom is 0.119 e. The number of aryl methyl sites for hydroxylation is 2. The molecule has 5 heteroatoms. The van der Waals surface area contributed by atoms with Crippen molar-refractivity contribution in [2.75, 3.05) is 24.7 Å². The molecule has 0 N–H and O–H groups in total. The van der Waals surface area contributed by atoms with Crippen LogP contribution in [0, 0.1) is 11.8 Å². The van der Waals surface area contributed by atoms with E-state index in [4.69, 9.17) is 14.2 Å². The molecule has 0 radical (unpaired) electrons. The zero-order valence-electron chi connectivity index (χ0n) is 75.7. The summed E-state index contributed by atoms with van der Waals surface area (Å²) >= 11 is 2.55. The van der Waals surface area contributed by atoms with Gasteiger partial charge in [-0.2, -0.15) is 0 Å². The molecule has 11 aromatic carbocycles. The minimum Gasteiger partial charge on any atom is -0.498 e. The molecule has 632 valence electrons. The topological polar surface area (TPSA) is 30.9 Å². The van der Waals surface area contributed by atoms with E-state index in [2.05, 4.69) is 360 Å². The monoisotopic (exact) mass is 1720 g/mol. The van der Waals surface area contributed by atoms with Gasteiger partial charge in [0.25, 0.3) is 0 Å². The summed E-state index contributed by atoms with van der Waals surface area (Å²) in [5.74, 6) is 4.09. The summed E-state index contributed by atoms with van der Waals surface area (Å²) in [6, 6.07) is 89.9. The third-order valence-electron chi connectivity index (χ3n) is 26.7. The van der Waals surface area contributed by atoms with Gasteiger partial charge in [0.1, 0.15) is 11.5 Å². The van der Waals surface area contributed by atoms with Crippen molar-refractivity contribution in [3.05, 3.63) is 287 Å². The van der Waals surface area contributed by atoms with E-state index in [0.29, 0.717) is 15.8 Å². The lowest BCUT2D eigenvalue weighted by Gasteiger charge is -2.32. The van der Waals surface area contributed by atoms with Crippen LogP contribution in [0.15, 0.2) is 248 Å². The predicted octanol–water partition coefficient (Wildman–Crippen LogP) is 35.1. The molecule has 121 heavy (non-hydrogen) atoms. The van der Waals surface area contributed by atoms with Crippen LogP contribution >= 0.6 is 22.6 Å². The first-order valence-electron chi connectivity index (χ1n) is 47.2. The van der Waals surface area contributed by atoms with Crippen molar-refractivity contribution in [2.45, 2.75) is 265 Å². The predicted molar refractivity (Wildman–Crippen MR) is 531 cm³/mol. The number of allylic oxidation sites excluding steroid dienone is 4. The molecular weight excluding hydrogens is 1580 g/mol. The van der Waals surface area contributed by atoms with Crippen molar-refractivity contribution >= 4 is 45.2 Å². The lowest BCUT2D eigenvalue weighted by Crippen LogP contribution is -2.25. The van der Waals surface area contributed by atoms with Crippen LogP contribution in [-0.2, 0) is 28.4 Å². The molecule has 0 aromatic heterocycles. The highest BCUT2D eigenvalue weighted by Gasteiger charge is 2.44. The van der Waals surface area contributed by atoms with Crippen LogP contribution in [0.5, 0.6) is 11.5 Å². The standard InChI is InChI=1S/C116H138INO3/c1-14-25-30-84(23-10)79-119-83(13)36-35-82(12)91-47-65-107-108-66-50-94(76-112(108)115(69-19-6,70-20-7)111(107)75-91)87-39-55-101(56-40-87)118(100-53-37-86(38-54-100)92-48-63-105(97(73-92)32-27-16-3)106-64-49-93(74-98(106)33-28-17-4)89-43-61-104(62-44-89)121-81-99(117)34-29-18-5)102-57-41-88(42-58-102)95-51-67-109-110-68-52-96(78-114(110)116(71-21-8,72-22-9)113(109)77-95)90-45-59-103(60-46-90)120-80-85(24-11)31-26-15-2/h35-68,73-78,84-85,99H,14-34,69-72,79-81H2,1-13H3/b82-35+,83-36+. The van der Waals surface area contributed by atoms with E-state index in [0.717, 1.165) is 157 Å². The second kappa shape index (κ2) is 43.2. The fraction of sp³-hybridized carbons (Fsp3) is 0.397.